The van der Waals surface area contributed by atoms with Gasteiger partial charge in [0.2, 0.25) is 0 Å². The number of anilines is 2. The molecule has 0 aliphatic heterocycles. The molecule has 0 aliphatic rings. The molecule has 0 saturated carbocycles. The van der Waals surface area contributed by atoms with E-state index < -0.39 is 0 Å². The van der Waals surface area contributed by atoms with Gasteiger partial charge in [-0.1, -0.05) is 0 Å². The van der Waals surface area contributed by atoms with E-state index in [-0.39, 0.29) is 0 Å². The van der Waals surface area contributed by atoms with Crippen molar-refractivity contribution in [2.45, 2.75) is 6.54 Å². The maximum atomic E-state index is 9.12. The van der Waals surface area contributed by atoms with Gasteiger partial charge in [-0.25, -0.2) is 4.98 Å². The van der Waals surface area contributed by atoms with Gasteiger partial charge >= 0.3 is 0 Å². The molecule has 5 heteroatoms. The van der Waals surface area contributed by atoms with Crippen LogP contribution < -0.4 is 10.6 Å². The van der Waals surface area contributed by atoms with Gasteiger partial charge in [-0.05, 0) is 18.2 Å². The molecular formula is C13H15N5. The Morgan fingerprint density at radius 2 is 2.28 bits per heavy atom. The van der Waals surface area contributed by atoms with Gasteiger partial charge in [0.15, 0.2) is 0 Å². The third kappa shape index (κ3) is 2.28. The lowest BCUT2D eigenvalue weighted by atomic mass is 10.1. The molecule has 0 spiro atoms. The summed E-state index contributed by atoms with van der Waals surface area (Å²) in [5, 5.41) is 9.12. The number of hydrogen-bond donors (Lipinski definition) is 1. The van der Waals surface area contributed by atoms with Crippen LogP contribution in [0.3, 0.4) is 0 Å². The highest BCUT2D eigenvalue weighted by Gasteiger charge is 2.10. The van der Waals surface area contributed by atoms with Crippen molar-refractivity contribution in [3.05, 3.63) is 42.0 Å². The predicted octanol–water partition coefficient (Wildman–Crippen LogP) is 1.51. The van der Waals surface area contributed by atoms with Crippen molar-refractivity contribution < 1.29 is 0 Å². The Labute approximate surface area is 106 Å². The zero-order valence-electron chi connectivity index (χ0n) is 10.5. The first-order valence-corrected chi connectivity index (χ1v) is 5.59. The minimum absolute atomic E-state index is 0.576. The van der Waals surface area contributed by atoms with Crippen molar-refractivity contribution in [3.63, 3.8) is 0 Å². The quantitative estimate of drug-likeness (QED) is 0.827. The number of hydrogen-bond acceptors (Lipinski definition) is 4. The van der Waals surface area contributed by atoms with Gasteiger partial charge in [-0.15, -0.1) is 0 Å². The summed E-state index contributed by atoms with van der Waals surface area (Å²) in [7, 11) is 3.88. The van der Waals surface area contributed by atoms with Gasteiger partial charge in [-0.2, -0.15) is 5.26 Å². The number of benzene rings is 1. The molecule has 0 fully saturated rings. The molecule has 0 amide bonds. The van der Waals surface area contributed by atoms with Gasteiger partial charge in [0, 0.05) is 32.2 Å². The second-order valence-electron chi connectivity index (χ2n) is 4.20. The Morgan fingerprint density at radius 3 is 2.89 bits per heavy atom. The summed E-state index contributed by atoms with van der Waals surface area (Å²) in [5.41, 5.74) is 7.71. The lowest BCUT2D eigenvalue weighted by molar-refractivity contribution is 0.761. The molecule has 2 rings (SSSR count). The Balaban J connectivity index is 2.27. The Hall–Kier alpha value is -2.48. The molecule has 0 unspecified atom stereocenters. The maximum Gasteiger partial charge on any atom is 0.127 e. The molecule has 0 atom stereocenters. The molecule has 2 aromatic rings. The molecule has 1 aromatic carbocycles. The largest absolute Gasteiger partial charge is 0.399 e. The van der Waals surface area contributed by atoms with Crippen molar-refractivity contribution in [2.24, 2.45) is 7.05 Å². The van der Waals surface area contributed by atoms with E-state index in [1.807, 2.05) is 35.8 Å². The zero-order valence-corrected chi connectivity index (χ0v) is 10.5. The van der Waals surface area contributed by atoms with Crippen LogP contribution in [0.25, 0.3) is 0 Å². The van der Waals surface area contributed by atoms with Crippen LogP contribution in [0.5, 0.6) is 0 Å². The van der Waals surface area contributed by atoms with Crippen molar-refractivity contribution in [2.75, 3.05) is 17.7 Å². The van der Waals surface area contributed by atoms with Gasteiger partial charge in [-0.3, -0.25) is 0 Å². The van der Waals surface area contributed by atoms with E-state index in [9.17, 15) is 0 Å². The third-order valence-electron chi connectivity index (χ3n) is 2.85. The van der Waals surface area contributed by atoms with Crippen LogP contribution in [0.2, 0.25) is 0 Å². The van der Waals surface area contributed by atoms with Crippen molar-refractivity contribution in [1.82, 2.24) is 9.55 Å². The lowest BCUT2D eigenvalue weighted by Gasteiger charge is -2.20. The molecule has 0 aliphatic carbocycles. The Bertz CT molecular complexity index is 594. The number of nitrogens with two attached hydrogens (primary N) is 1. The molecule has 1 aromatic heterocycles. The SMILES string of the molecule is CN(Cc1nccn1C)c1ccc(N)cc1C#N. The molecule has 1 heterocycles. The van der Waals surface area contributed by atoms with Gasteiger partial charge in [0.1, 0.15) is 11.9 Å². The molecule has 2 N–H and O–H groups in total. The lowest BCUT2D eigenvalue weighted by Crippen LogP contribution is -2.20. The van der Waals surface area contributed by atoms with Crippen LogP contribution in [-0.2, 0) is 13.6 Å². The number of nitrogens with zero attached hydrogens (tertiary/aromatic N) is 4. The summed E-state index contributed by atoms with van der Waals surface area (Å²) in [4.78, 5) is 6.25. The molecule has 0 radical (unpaired) electrons. The highest BCUT2D eigenvalue weighted by atomic mass is 15.2. The number of aromatic nitrogens is 2. The Morgan fingerprint density at radius 1 is 1.50 bits per heavy atom. The summed E-state index contributed by atoms with van der Waals surface area (Å²) in [5.74, 6) is 0.943. The summed E-state index contributed by atoms with van der Waals surface area (Å²) in [6, 6.07) is 7.50. The second kappa shape index (κ2) is 4.80. The predicted molar refractivity (Wildman–Crippen MR) is 70.9 cm³/mol. The summed E-state index contributed by atoms with van der Waals surface area (Å²) < 4.78 is 1.96. The van der Waals surface area contributed by atoms with Crippen molar-refractivity contribution in [1.29, 1.82) is 5.26 Å². The minimum Gasteiger partial charge on any atom is -0.399 e. The summed E-state index contributed by atoms with van der Waals surface area (Å²) >= 11 is 0. The first kappa shape index (κ1) is 12.0. The molecule has 92 valence electrons. The van der Waals surface area contributed by atoms with Gasteiger partial charge in [0.25, 0.3) is 0 Å². The zero-order chi connectivity index (χ0) is 13.1. The number of nitriles is 1. The van der Waals surface area contributed by atoms with E-state index in [1.165, 1.54) is 0 Å². The first-order valence-electron chi connectivity index (χ1n) is 5.59. The van der Waals surface area contributed by atoms with Crippen LogP contribution in [0, 0.1) is 11.3 Å². The number of nitrogen functional groups attached to an aromatic ring is 1. The van der Waals surface area contributed by atoms with E-state index in [2.05, 4.69) is 11.1 Å². The smallest absolute Gasteiger partial charge is 0.127 e. The fourth-order valence-corrected chi connectivity index (χ4v) is 1.82. The van der Waals surface area contributed by atoms with E-state index in [0.29, 0.717) is 17.8 Å². The maximum absolute atomic E-state index is 9.12. The number of aryl methyl sites for hydroxylation is 1. The average Bonchev–Trinajstić information content (AvgIpc) is 2.74. The van der Waals surface area contributed by atoms with E-state index >= 15 is 0 Å². The fourth-order valence-electron chi connectivity index (χ4n) is 1.82. The Kier molecular flexibility index (Phi) is 3.20. The van der Waals surface area contributed by atoms with Crippen molar-refractivity contribution >= 4 is 11.4 Å². The van der Waals surface area contributed by atoms with Crippen molar-refractivity contribution in [3.8, 4) is 6.07 Å². The second-order valence-corrected chi connectivity index (χ2v) is 4.20. The molecule has 18 heavy (non-hydrogen) atoms. The average molecular weight is 241 g/mol. The fraction of sp³-hybridized carbons (Fsp3) is 0.231. The summed E-state index contributed by atoms with van der Waals surface area (Å²) in [6.45, 7) is 0.641. The highest BCUT2D eigenvalue weighted by Crippen LogP contribution is 2.22. The molecule has 5 nitrogen and oxygen atoms in total. The third-order valence-corrected chi connectivity index (χ3v) is 2.85. The number of rotatable bonds is 3. The first-order chi connectivity index (χ1) is 8.61. The van der Waals surface area contributed by atoms with Gasteiger partial charge in [0.05, 0.1) is 17.8 Å². The standard InChI is InChI=1S/C13H15N5/c1-17-6-5-16-13(17)9-18(2)12-4-3-11(15)7-10(12)8-14/h3-7H,9,15H2,1-2H3. The minimum atomic E-state index is 0.576. The molecule has 0 saturated heterocycles. The van der Waals surface area contributed by atoms with E-state index in [4.69, 9.17) is 11.0 Å². The van der Waals surface area contributed by atoms with E-state index in [1.54, 1.807) is 18.3 Å². The topological polar surface area (TPSA) is 70.9 Å². The summed E-state index contributed by atoms with van der Waals surface area (Å²) in [6.07, 6.45) is 3.66. The molecular weight excluding hydrogens is 226 g/mol. The monoisotopic (exact) mass is 241 g/mol. The van der Waals surface area contributed by atoms with Crippen LogP contribution >= 0.6 is 0 Å². The highest BCUT2D eigenvalue weighted by molar-refractivity contribution is 5.64. The van der Waals surface area contributed by atoms with Gasteiger partial charge < -0.3 is 15.2 Å². The van der Waals surface area contributed by atoms with Crippen LogP contribution in [0.1, 0.15) is 11.4 Å². The normalized spacial score (nSPS) is 10.1. The van der Waals surface area contributed by atoms with Crippen LogP contribution in [0.15, 0.2) is 30.6 Å². The molecule has 0 bridgehead atoms. The number of imidazole rings is 1. The van der Waals surface area contributed by atoms with E-state index in [0.717, 1.165) is 11.5 Å². The van der Waals surface area contributed by atoms with Crippen LogP contribution in [0.4, 0.5) is 11.4 Å². The van der Waals surface area contributed by atoms with Crippen LogP contribution in [-0.4, -0.2) is 16.6 Å².